The zero-order valence-corrected chi connectivity index (χ0v) is 18.5. The van der Waals surface area contributed by atoms with Crippen molar-refractivity contribution in [3.05, 3.63) is 90.0 Å². The van der Waals surface area contributed by atoms with E-state index in [0.717, 1.165) is 28.2 Å². The Balaban J connectivity index is 1.29. The molecule has 4 aromatic rings. The van der Waals surface area contributed by atoms with Gasteiger partial charge in [0.25, 0.3) is 5.91 Å². The summed E-state index contributed by atoms with van der Waals surface area (Å²) in [4.78, 5) is 12.3. The van der Waals surface area contributed by atoms with Gasteiger partial charge in [0.15, 0.2) is 18.1 Å². The molecule has 0 radical (unpaired) electrons. The second-order valence-electron chi connectivity index (χ2n) is 8.04. The third-order valence-corrected chi connectivity index (χ3v) is 5.72. The second-order valence-corrected chi connectivity index (χ2v) is 8.04. The number of nitrogens with one attached hydrogen (secondary N) is 3. The highest BCUT2D eigenvalue weighted by molar-refractivity contribution is 6.04. The molecular formula is C27H25N3O3. The first kappa shape index (κ1) is 20.7. The summed E-state index contributed by atoms with van der Waals surface area (Å²) in [7, 11) is 1.59. The number of carbonyl (C=O) groups excluding carboxylic acids is 1. The van der Waals surface area contributed by atoms with Crippen molar-refractivity contribution in [3.63, 3.8) is 0 Å². The van der Waals surface area contributed by atoms with Crippen molar-refractivity contribution in [3.8, 4) is 11.5 Å². The smallest absolute Gasteiger partial charge is 0.262 e. The Morgan fingerprint density at radius 1 is 0.909 bits per heavy atom. The summed E-state index contributed by atoms with van der Waals surface area (Å²) in [6.45, 7) is 1.89. The number of ether oxygens (including phenoxy) is 2. The highest BCUT2D eigenvalue weighted by Crippen LogP contribution is 2.39. The minimum Gasteiger partial charge on any atom is -0.493 e. The van der Waals surface area contributed by atoms with E-state index in [0.29, 0.717) is 11.5 Å². The molecule has 4 aromatic carbocycles. The molecule has 0 aliphatic carbocycles. The van der Waals surface area contributed by atoms with Crippen LogP contribution in [-0.4, -0.2) is 19.6 Å². The Labute approximate surface area is 192 Å². The molecular weight excluding hydrogens is 414 g/mol. The molecule has 0 saturated heterocycles. The highest BCUT2D eigenvalue weighted by Gasteiger charge is 2.21. The lowest BCUT2D eigenvalue weighted by atomic mass is 10.0. The van der Waals surface area contributed by atoms with Gasteiger partial charge in [0.05, 0.1) is 7.11 Å². The maximum Gasteiger partial charge on any atom is 0.262 e. The summed E-state index contributed by atoms with van der Waals surface area (Å²) in [6, 6.07) is 25.8. The summed E-state index contributed by atoms with van der Waals surface area (Å²) in [6.07, 6.45) is -0.127. The Morgan fingerprint density at radius 3 is 2.27 bits per heavy atom. The summed E-state index contributed by atoms with van der Waals surface area (Å²) in [5, 5.41) is 12.3. The fourth-order valence-corrected chi connectivity index (χ4v) is 4.06. The Morgan fingerprint density at radius 2 is 1.61 bits per heavy atom. The van der Waals surface area contributed by atoms with Crippen molar-refractivity contribution in [2.24, 2.45) is 0 Å². The first-order chi connectivity index (χ1) is 16.1. The van der Waals surface area contributed by atoms with Gasteiger partial charge in [-0.05, 0) is 54.3 Å². The highest BCUT2D eigenvalue weighted by atomic mass is 16.5. The number of methoxy groups -OCH3 is 1. The predicted octanol–water partition coefficient (Wildman–Crippen LogP) is 5.71. The molecule has 166 valence electrons. The number of amides is 1. The zero-order valence-electron chi connectivity index (χ0n) is 18.5. The van der Waals surface area contributed by atoms with E-state index in [1.54, 1.807) is 7.11 Å². The van der Waals surface area contributed by atoms with Crippen LogP contribution in [0, 0.1) is 6.92 Å². The lowest BCUT2D eigenvalue weighted by molar-refractivity contribution is -0.118. The number of benzene rings is 4. The molecule has 0 atom stereocenters. The lowest BCUT2D eigenvalue weighted by Gasteiger charge is -2.30. The van der Waals surface area contributed by atoms with Gasteiger partial charge < -0.3 is 25.4 Å². The van der Waals surface area contributed by atoms with E-state index >= 15 is 0 Å². The molecule has 6 heteroatoms. The van der Waals surface area contributed by atoms with Crippen LogP contribution in [0.1, 0.15) is 17.3 Å². The normalized spacial score (nSPS) is 12.5. The topological polar surface area (TPSA) is 71.6 Å². The van der Waals surface area contributed by atoms with Gasteiger partial charge in [-0.15, -0.1) is 0 Å². The minimum atomic E-state index is -0.231. The van der Waals surface area contributed by atoms with E-state index in [1.807, 2.05) is 49.4 Å². The zero-order chi connectivity index (χ0) is 22.8. The molecule has 0 aromatic heterocycles. The van der Waals surface area contributed by atoms with Crippen LogP contribution in [0.25, 0.3) is 10.8 Å². The number of rotatable bonds is 6. The Kier molecular flexibility index (Phi) is 5.48. The molecule has 0 spiro atoms. The van der Waals surface area contributed by atoms with E-state index < -0.39 is 0 Å². The van der Waals surface area contributed by atoms with Gasteiger partial charge >= 0.3 is 0 Å². The number of carbonyl (C=O) groups is 1. The predicted molar refractivity (Wildman–Crippen MR) is 132 cm³/mol. The fraction of sp³-hybridized carbons (Fsp3) is 0.148. The molecule has 0 unspecified atom stereocenters. The van der Waals surface area contributed by atoms with Crippen LogP contribution in [0.4, 0.5) is 17.1 Å². The van der Waals surface area contributed by atoms with Gasteiger partial charge in [0.1, 0.15) is 6.17 Å². The molecule has 6 nitrogen and oxygen atoms in total. The van der Waals surface area contributed by atoms with Crippen molar-refractivity contribution in [1.82, 2.24) is 0 Å². The van der Waals surface area contributed by atoms with Crippen molar-refractivity contribution < 1.29 is 14.3 Å². The third kappa shape index (κ3) is 4.28. The summed E-state index contributed by atoms with van der Waals surface area (Å²) in [5.41, 5.74) is 5.03. The molecule has 0 bridgehead atoms. The maximum atomic E-state index is 12.3. The number of hydrogen-bond acceptors (Lipinski definition) is 5. The average molecular weight is 440 g/mol. The molecule has 3 N–H and O–H groups in total. The van der Waals surface area contributed by atoms with Gasteiger partial charge in [-0.1, -0.05) is 48.0 Å². The summed E-state index contributed by atoms with van der Waals surface area (Å²) in [5.74, 6) is 0.847. The number of hydrogen-bond donors (Lipinski definition) is 3. The fourth-order valence-electron chi connectivity index (χ4n) is 4.06. The molecule has 0 fully saturated rings. The Bertz CT molecular complexity index is 1280. The van der Waals surface area contributed by atoms with Crippen molar-refractivity contribution in [1.29, 1.82) is 0 Å². The maximum absolute atomic E-state index is 12.3. The van der Waals surface area contributed by atoms with Crippen LogP contribution in [-0.2, 0) is 4.79 Å². The largest absolute Gasteiger partial charge is 0.493 e. The molecule has 1 aliphatic heterocycles. The Hall–Kier alpha value is -4.19. The summed E-state index contributed by atoms with van der Waals surface area (Å²) >= 11 is 0. The van der Waals surface area contributed by atoms with Crippen molar-refractivity contribution in [2.45, 2.75) is 13.1 Å². The van der Waals surface area contributed by atoms with Gasteiger partial charge in [-0.25, -0.2) is 0 Å². The molecule has 5 rings (SSSR count). The van der Waals surface area contributed by atoms with Crippen LogP contribution < -0.4 is 25.4 Å². The van der Waals surface area contributed by atoms with Crippen LogP contribution >= 0.6 is 0 Å². The molecule has 1 amide bonds. The minimum absolute atomic E-state index is 0.112. The SMILES string of the molecule is COc1cc(C2Nc3cccc4cccc(c34)N2)ccc1OCC(=O)Nc1ccc(C)cc1. The van der Waals surface area contributed by atoms with E-state index in [9.17, 15) is 4.79 Å². The molecule has 33 heavy (non-hydrogen) atoms. The first-order valence-corrected chi connectivity index (χ1v) is 10.8. The van der Waals surface area contributed by atoms with Crippen molar-refractivity contribution >= 4 is 33.7 Å². The van der Waals surface area contributed by atoms with E-state index in [2.05, 4.69) is 52.3 Å². The quantitative estimate of drug-likeness (QED) is 0.359. The average Bonchev–Trinajstić information content (AvgIpc) is 2.84. The van der Waals surface area contributed by atoms with E-state index in [4.69, 9.17) is 9.47 Å². The standard InChI is InChI=1S/C27H25N3O3/c1-17-9-12-20(13-10-17)28-25(31)16-33-23-14-11-19(15-24(23)32-2)27-29-21-7-3-5-18-6-4-8-22(30-27)26(18)21/h3-15,27,29-30H,16H2,1-2H3,(H,28,31). The van der Waals surface area contributed by atoms with Crippen LogP contribution in [0.5, 0.6) is 11.5 Å². The number of aryl methyl sites for hydroxylation is 1. The van der Waals surface area contributed by atoms with Gasteiger partial charge in [-0.3, -0.25) is 4.79 Å². The van der Waals surface area contributed by atoms with Gasteiger partial charge in [0, 0.05) is 22.4 Å². The molecule has 1 heterocycles. The molecule has 0 saturated carbocycles. The van der Waals surface area contributed by atoms with E-state index in [1.165, 1.54) is 10.8 Å². The van der Waals surface area contributed by atoms with Crippen LogP contribution in [0.15, 0.2) is 78.9 Å². The van der Waals surface area contributed by atoms with E-state index in [-0.39, 0.29) is 18.7 Å². The second kappa shape index (κ2) is 8.74. The third-order valence-electron chi connectivity index (χ3n) is 5.72. The summed E-state index contributed by atoms with van der Waals surface area (Å²) < 4.78 is 11.3. The van der Waals surface area contributed by atoms with Gasteiger partial charge in [-0.2, -0.15) is 0 Å². The van der Waals surface area contributed by atoms with Crippen molar-refractivity contribution in [2.75, 3.05) is 29.7 Å². The van der Waals surface area contributed by atoms with Crippen LogP contribution in [0.3, 0.4) is 0 Å². The number of anilines is 3. The van der Waals surface area contributed by atoms with Crippen LogP contribution in [0.2, 0.25) is 0 Å². The van der Waals surface area contributed by atoms with Gasteiger partial charge in [0.2, 0.25) is 0 Å². The first-order valence-electron chi connectivity index (χ1n) is 10.8. The monoisotopic (exact) mass is 439 g/mol. The lowest BCUT2D eigenvalue weighted by Crippen LogP contribution is -2.24. The molecule has 1 aliphatic rings.